The number of hydrogen-bond donors (Lipinski definition) is 0. The van der Waals surface area contributed by atoms with Gasteiger partial charge in [0.1, 0.15) is 11.9 Å². The lowest BCUT2D eigenvalue weighted by Crippen LogP contribution is -2.38. The highest BCUT2D eigenvalue weighted by atomic mass is 19.1. The summed E-state index contributed by atoms with van der Waals surface area (Å²) in [6.07, 6.45) is 2.26. The zero-order valence-electron chi connectivity index (χ0n) is 11.9. The monoisotopic (exact) mass is 260 g/mol. The van der Waals surface area contributed by atoms with Gasteiger partial charge in [0, 0.05) is 13.1 Å². The molecule has 0 aromatic heterocycles. The molecular formula is C16H21FN2. The summed E-state index contributed by atoms with van der Waals surface area (Å²) in [6, 6.07) is 6.58. The number of benzene rings is 1. The number of halogens is 1. The predicted molar refractivity (Wildman–Crippen MR) is 75.5 cm³/mol. The van der Waals surface area contributed by atoms with E-state index in [9.17, 15) is 4.39 Å². The van der Waals surface area contributed by atoms with Gasteiger partial charge in [0.15, 0.2) is 0 Å². The second-order valence-corrected chi connectivity index (χ2v) is 6.40. The van der Waals surface area contributed by atoms with Crippen molar-refractivity contribution in [1.29, 1.82) is 5.26 Å². The van der Waals surface area contributed by atoms with Crippen molar-refractivity contribution in [3.63, 3.8) is 0 Å². The molecule has 1 aliphatic rings. The molecule has 2 nitrogen and oxygen atoms in total. The minimum atomic E-state index is -0.343. The zero-order chi connectivity index (χ0) is 14.0. The van der Waals surface area contributed by atoms with Gasteiger partial charge in [0.25, 0.3) is 0 Å². The molecule has 0 bridgehead atoms. The molecule has 1 heterocycles. The average Bonchev–Trinajstić information content (AvgIpc) is 2.37. The maximum Gasteiger partial charge on any atom is 0.124 e. The van der Waals surface area contributed by atoms with Crippen molar-refractivity contribution in [2.75, 3.05) is 18.0 Å². The first-order chi connectivity index (χ1) is 8.91. The molecule has 1 saturated heterocycles. The molecule has 0 saturated carbocycles. The van der Waals surface area contributed by atoms with E-state index in [4.69, 9.17) is 5.26 Å². The molecule has 1 aliphatic heterocycles. The van der Waals surface area contributed by atoms with Crippen molar-refractivity contribution >= 4 is 5.69 Å². The van der Waals surface area contributed by atoms with Crippen LogP contribution in [0.3, 0.4) is 0 Å². The van der Waals surface area contributed by atoms with E-state index in [0.717, 1.165) is 37.5 Å². The van der Waals surface area contributed by atoms with Gasteiger partial charge in [-0.1, -0.05) is 20.8 Å². The van der Waals surface area contributed by atoms with Crippen LogP contribution in [0.4, 0.5) is 10.1 Å². The highest BCUT2D eigenvalue weighted by Crippen LogP contribution is 2.36. The lowest BCUT2D eigenvalue weighted by Gasteiger charge is -2.40. The van der Waals surface area contributed by atoms with Crippen LogP contribution >= 0.6 is 0 Å². The maximum atomic E-state index is 13.2. The number of nitrogens with zero attached hydrogens (tertiary/aromatic N) is 2. The summed E-state index contributed by atoms with van der Waals surface area (Å²) >= 11 is 0. The van der Waals surface area contributed by atoms with Gasteiger partial charge in [-0.2, -0.15) is 5.26 Å². The van der Waals surface area contributed by atoms with Gasteiger partial charge in [-0.3, -0.25) is 0 Å². The largest absolute Gasteiger partial charge is 0.370 e. The lowest BCUT2D eigenvalue weighted by atomic mass is 9.75. The molecule has 1 aromatic carbocycles. The summed E-state index contributed by atoms with van der Waals surface area (Å²) in [6.45, 7) is 8.74. The Kier molecular flexibility index (Phi) is 3.80. The fraction of sp³-hybridized carbons (Fsp3) is 0.562. The fourth-order valence-corrected chi connectivity index (χ4v) is 2.86. The smallest absolute Gasteiger partial charge is 0.124 e. The van der Waals surface area contributed by atoms with E-state index >= 15 is 0 Å². The van der Waals surface area contributed by atoms with Gasteiger partial charge < -0.3 is 4.90 Å². The van der Waals surface area contributed by atoms with E-state index in [1.165, 1.54) is 12.1 Å². The third kappa shape index (κ3) is 3.07. The molecule has 0 aliphatic carbocycles. The van der Waals surface area contributed by atoms with Crippen molar-refractivity contribution in [2.45, 2.75) is 33.6 Å². The van der Waals surface area contributed by atoms with Crippen LogP contribution < -0.4 is 4.90 Å². The molecule has 0 radical (unpaired) electrons. The Morgan fingerprint density at radius 1 is 1.26 bits per heavy atom. The van der Waals surface area contributed by atoms with Crippen LogP contribution in [0.25, 0.3) is 0 Å². The molecule has 3 heteroatoms. The van der Waals surface area contributed by atoms with Gasteiger partial charge in [0.2, 0.25) is 0 Å². The van der Waals surface area contributed by atoms with E-state index < -0.39 is 0 Å². The molecule has 19 heavy (non-hydrogen) atoms. The van der Waals surface area contributed by atoms with E-state index in [1.54, 1.807) is 6.07 Å². The van der Waals surface area contributed by atoms with Crippen molar-refractivity contribution in [3.05, 3.63) is 29.6 Å². The second kappa shape index (κ2) is 5.21. The summed E-state index contributed by atoms with van der Waals surface area (Å²) in [5.41, 5.74) is 1.65. The third-order valence-corrected chi connectivity index (χ3v) is 4.14. The van der Waals surface area contributed by atoms with E-state index in [1.807, 2.05) is 0 Å². The molecule has 0 spiro atoms. The quantitative estimate of drug-likeness (QED) is 0.764. The van der Waals surface area contributed by atoms with E-state index in [0.29, 0.717) is 11.0 Å². The Labute approximate surface area is 114 Å². The van der Waals surface area contributed by atoms with Crippen molar-refractivity contribution in [2.24, 2.45) is 11.3 Å². The Balaban J connectivity index is 2.12. The second-order valence-electron chi connectivity index (χ2n) is 6.40. The SMILES string of the molecule is CC(C)(C)C1CCN(c2ccc(F)cc2C#N)CC1. The zero-order valence-corrected chi connectivity index (χ0v) is 11.9. The predicted octanol–water partition coefficient (Wildman–Crippen LogP) is 3.96. The first-order valence-electron chi connectivity index (χ1n) is 6.86. The summed E-state index contributed by atoms with van der Waals surface area (Å²) in [5.74, 6) is 0.375. The minimum absolute atomic E-state index is 0.340. The first kappa shape index (κ1) is 13.9. The van der Waals surface area contributed by atoms with E-state index in [-0.39, 0.29) is 5.82 Å². The number of hydrogen-bond acceptors (Lipinski definition) is 2. The van der Waals surface area contributed by atoms with Crippen molar-refractivity contribution in [1.82, 2.24) is 0 Å². The Hall–Kier alpha value is -1.56. The average molecular weight is 260 g/mol. The minimum Gasteiger partial charge on any atom is -0.370 e. The van der Waals surface area contributed by atoms with Crippen LogP contribution in [0, 0.1) is 28.5 Å². The molecule has 0 amide bonds. The van der Waals surface area contributed by atoms with Gasteiger partial charge in [-0.15, -0.1) is 0 Å². The Morgan fingerprint density at radius 3 is 2.42 bits per heavy atom. The Morgan fingerprint density at radius 2 is 1.89 bits per heavy atom. The number of nitriles is 1. The van der Waals surface area contributed by atoms with Gasteiger partial charge in [-0.05, 0) is 42.4 Å². The highest BCUT2D eigenvalue weighted by molar-refractivity contribution is 5.59. The summed E-state index contributed by atoms with van der Waals surface area (Å²) in [7, 11) is 0. The van der Waals surface area contributed by atoms with Crippen LogP contribution in [0.5, 0.6) is 0 Å². The van der Waals surface area contributed by atoms with Gasteiger partial charge >= 0.3 is 0 Å². The molecule has 102 valence electrons. The summed E-state index contributed by atoms with van der Waals surface area (Å²) < 4.78 is 13.2. The van der Waals surface area contributed by atoms with Crippen LogP contribution in [0.2, 0.25) is 0 Å². The number of anilines is 1. The standard InChI is InChI=1S/C16H21FN2/c1-16(2,3)13-6-8-19(9-7-13)15-5-4-14(17)10-12(15)11-18/h4-5,10,13H,6-9H2,1-3H3. The van der Waals surface area contributed by atoms with Crippen molar-refractivity contribution in [3.8, 4) is 6.07 Å². The molecule has 1 fully saturated rings. The van der Waals surface area contributed by atoms with Crippen LogP contribution in [-0.2, 0) is 0 Å². The molecule has 0 atom stereocenters. The highest BCUT2D eigenvalue weighted by Gasteiger charge is 2.29. The van der Waals surface area contributed by atoms with Crippen LogP contribution in [-0.4, -0.2) is 13.1 Å². The Bertz CT molecular complexity index is 488. The molecular weight excluding hydrogens is 239 g/mol. The number of rotatable bonds is 1. The van der Waals surface area contributed by atoms with Gasteiger partial charge in [-0.25, -0.2) is 4.39 Å². The van der Waals surface area contributed by atoms with Crippen LogP contribution in [0.15, 0.2) is 18.2 Å². The first-order valence-corrected chi connectivity index (χ1v) is 6.86. The topological polar surface area (TPSA) is 27.0 Å². The number of piperidine rings is 1. The summed E-state index contributed by atoms with van der Waals surface area (Å²) in [5, 5.41) is 9.11. The molecule has 2 rings (SSSR count). The summed E-state index contributed by atoms with van der Waals surface area (Å²) in [4.78, 5) is 2.21. The molecule has 1 aromatic rings. The molecule has 0 unspecified atom stereocenters. The molecule has 0 N–H and O–H groups in total. The lowest BCUT2D eigenvalue weighted by molar-refractivity contribution is 0.199. The normalized spacial score (nSPS) is 17.3. The van der Waals surface area contributed by atoms with Gasteiger partial charge in [0.05, 0.1) is 11.3 Å². The van der Waals surface area contributed by atoms with E-state index in [2.05, 4.69) is 31.7 Å². The van der Waals surface area contributed by atoms with Crippen LogP contribution in [0.1, 0.15) is 39.2 Å². The van der Waals surface area contributed by atoms with Crippen molar-refractivity contribution < 1.29 is 4.39 Å². The third-order valence-electron chi connectivity index (χ3n) is 4.14. The maximum absolute atomic E-state index is 13.2. The fourth-order valence-electron chi connectivity index (χ4n) is 2.86.